The molecule has 0 aliphatic carbocycles. The Balaban J connectivity index is 1.89. The van der Waals surface area contributed by atoms with E-state index in [1.807, 2.05) is 44.2 Å². The molecule has 0 spiro atoms. The first kappa shape index (κ1) is 16.7. The monoisotopic (exact) mass is 333 g/mol. The van der Waals surface area contributed by atoms with Gasteiger partial charge >= 0.3 is 0 Å². The summed E-state index contributed by atoms with van der Waals surface area (Å²) in [6, 6.07) is 14.1. The van der Waals surface area contributed by atoms with Gasteiger partial charge in [-0.3, -0.25) is 4.79 Å². The molecule has 0 amide bonds. The second kappa shape index (κ2) is 6.73. The summed E-state index contributed by atoms with van der Waals surface area (Å²) in [7, 11) is 0. The van der Waals surface area contributed by atoms with E-state index in [0.29, 0.717) is 5.56 Å². The average Bonchev–Trinajstić information content (AvgIpc) is 3.19. The molecule has 3 rings (SSSR count). The zero-order chi connectivity index (χ0) is 18.0. The molecule has 0 fully saturated rings. The first-order chi connectivity index (χ1) is 12.0. The number of carbonyl (C=O) groups is 1. The lowest BCUT2D eigenvalue weighted by molar-refractivity contribution is 0.0967. The predicted molar refractivity (Wildman–Crippen MR) is 93.2 cm³/mol. The third-order valence-corrected chi connectivity index (χ3v) is 4.40. The van der Waals surface area contributed by atoms with Gasteiger partial charge in [-0.05, 0) is 32.4 Å². The first-order valence-electron chi connectivity index (χ1n) is 8.07. The van der Waals surface area contributed by atoms with Crippen molar-refractivity contribution in [2.45, 2.75) is 33.4 Å². The van der Waals surface area contributed by atoms with Gasteiger partial charge in [0.25, 0.3) is 5.82 Å². The van der Waals surface area contributed by atoms with Crippen LogP contribution in [-0.4, -0.2) is 25.1 Å². The number of aryl methyl sites for hydroxylation is 1. The van der Waals surface area contributed by atoms with Crippen LogP contribution >= 0.6 is 0 Å². The van der Waals surface area contributed by atoms with E-state index in [9.17, 15) is 4.79 Å². The highest BCUT2D eigenvalue weighted by Gasteiger charge is 2.20. The lowest BCUT2D eigenvalue weighted by Gasteiger charge is -2.19. The topological polar surface area (TPSA) is 76.5 Å². The van der Waals surface area contributed by atoms with E-state index in [4.69, 9.17) is 5.26 Å². The van der Waals surface area contributed by atoms with Crippen molar-refractivity contribution in [2.75, 3.05) is 0 Å². The van der Waals surface area contributed by atoms with Crippen LogP contribution in [0.3, 0.4) is 0 Å². The SMILES string of the molecule is Cc1cc(C(=O)Cn2cnc(C#N)n2)c(C)n1[C@@H](C)c1ccccc1. The minimum Gasteiger partial charge on any atom is -0.341 e. The largest absolute Gasteiger partial charge is 0.341 e. The quantitative estimate of drug-likeness (QED) is 0.672. The summed E-state index contributed by atoms with van der Waals surface area (Å²) < 4.78 is 3.57. The molecule has 0 aliphatic rings. The highest BCUT2D eigenvalue weighted by atomic mass is 16.1. The van der Waals surface area contributed by atoms with Crippen molar-refractivity contribution in [1.29, 1.82) is 5.26 Å². The minimum absolute atomic E-state index is 0.0472. The predicted octanol–water partition coefficient (Wildman–Crippen LogP) is 3.06. The van der Waals surface area contributed by atoms with Crippen LogP contribution in [0.15, 0.2) is 42.7 Å². The van der Waals surface area contributed by atoms with Crippen molar-refractivity contribution in [3.8, 4) is 6.07 Å². The van der Waals surface area contributed by atoms with Crippen molar-refractivity contribution in [1.82, 2.24) is 19.3 Å². The van der Waals surface area contributed by atoms with Crippen LogP contribution in [-0.2, 0) is 6.54 Å². The fourth-order valence-electron chi connectivity index (χ4n) is 3.19. The minimum atomic E-state index is -0.0472. The summed E-state index contributed by atoms with van der Waals surface area (Å²) in [5.74, 6) is 0.0185. The third kappa shape index (κ3) is 3.22. The van der Waals surface area contributed by atoms with Crippen LogP contribution < -0.4 is 0 Å². The van der Waals surface area contributed by atoms with Crippen LogP contribution in [0.4, 0.5) is 0 Å². The molecule has 6 heteroatoms. The maximum absolute atomic E-state index is 12.7. The van der Waals surface area contributed by atoms with Gasteiger partial charge in [0.2, 0.25) is 0 Å². The normalized spacial score (nSPS) is 11.9. The van der Waals surface area contributed by atoms with Gasteiger partial charge in [-0.15, -0.1) is 5.10 Å². The molecule has 6 nitrogen and oxygen atoms in total. The zero-order valence-electron chi connectivity index (χ0n) is 14.5. The van der Waals surface area contributed by atoms with E-state index in [1.54, 1.807) is 0 Å². The number of aromatic nitrogens is 4. The molecule has 0 N–H and O–H groups in total. The van der Waals surface area contributed by atoms with Gasteiger partial charge in [-0.25, -0.2) is 9.67 Å². The van der Waals surface area contributed by atoms with Crippen LogP contribution in [0.2, 0.25) is 0 Å². The number of carbonyl (C=O) groups excluding carboxylic acids is 1. The Labute approximate surface area is 146 Å². The molecule has 0 aliphatic heterocycles. The van der Waals surface area contributed by atoms with Crippen molar-refractivity contribution in [3.63, 3.8) is 0 Å². The number of hydrogen-bond acceptors (Lipinski definition) is 4. The van der Waals surface area contributed by atoms with Gasteiger partial charge < -0.3 is 4.57 Å². The summed E-state index contributed by atoms with van der Waals surface area (Å²) in [4.78, 5) is 16.5. The fourth-order valence-corrected chi connectivity index (χ4v) is 3.19. The van der Waals surface area contributed by atoms with Crippen molar-refractivity contribution >= 4 is 5.78 Å². The molecular formula is C19H19N5O. The van der Waals surface area contributed by atoms with Crippen LogP contribution in [0.25, 0.3) is 0 Å². The van der Waals surface area contributed by atoms with E-state index in [2.05, 4.69) is 33.7 Å². The second-order valence-corrected chi connectivity index (χ2v) is 6.04. The molecule has 126 valence electrons. The van der Waals surface area contributed by atoms with Gasteiger partial charge in [-0.2, -0.15) is 5.26 Å². The Morgan fingerprint density at radius 3 is 2.64 bits per heavy atom. The Bertz CT molecular complexity index is 946. The van der Waals surface area contributed by atoms with E-state index >= 15 is 0 Å². The number of rotatable bonds is 5. The number of hydrogen-bond donors (Lipinski definition) is 0. The molecule has 2 heterocycles. The van der Waals surface area contributed by atoms with Gasteiger partial charge in [-0.1, -0.05) is 30.3 Å². The smallest absolute Gasteiger partial charge is 0.252 e. The van der Waals surface area contributed by atoms with Crippen molar-refractivity contribution in [3.05, 3.63) is 71.1 Å². The van der Waals surface area contributed by atoms with E-state index in [0.717, 1.165) is 11.4 Å². The van der Waals surface area contributed by atoms with E-state index < -0.39 is 0 Å². The van der Waals surface area contributed by atoms with Crippen LogP contribution in [0, 0.1) is 25.2 Å². The summed E-state index contributed by atoms with van der Waals surface area (Å²) in [6.07, 6.45) is 1.40. The number of benzene rings is 1. The molecule has 0 saturated carbocycles. The van der Waals surface area contributed by atoms with Gasteiger partial charge in [0, 0.05) is 17.0 Å². The third-order valence-electron chi connectivity index (χ3n) is 4.40. The molecule has 25 heavy (non-hydrogen) atoms. The standard InChI is InChI=1S/C19H19N5O/c1-13-9-17(18(25)11-23-12-21-19(10-20)22-23)15(3)24(13)14(2)16-7-5-4-6-8-16/h4-9,12,14H,11H2,1-3H3/t14-/m0/s1. The first-order valence-corrected chi connectivity index (χ1v) is 8.07. The number of ketones is 1. The van der Waals surface area contributed by atoms with Gasteiger partial charge in [0.1, 0.15) is 18.9 Å². The zero-order valence-corrected chi connectivity index (χ0v) is 14.5. The summed E-state index contributed by atoms with van der Waals surface area (Å²) >= 11 is 0. The maximum Gasteiger partial charge on any atom is 0.252 e. The number of nitriles is 1. The van der Waals surface area contributed by atoms with E-state index in [-0.39, 0.29) is 24.2 Å². The molecule has 1 aromatic carbocycles. The Hall–Kier alpha value is -3.20. The Morgan fingerprint density at radius 1 is 1.28 bits per heavy atom. The lowest BCUT2D eigenvalue weighted by atomic mass is 10.1. The molecule has 1 atom stereocenters. The highest BCUT2D eigenvalue weighted by molar-refractivity contribution is 5.97. The lowest BCUT2D eigenvalue weighted by Crippen LogP contribution is -2.14. The van der Waals surface area contributed by atoms with Crippen LogP contribution in [0.5, 0.6) is 0 Å². The summed E-state index contributed by atoms with van der Waals surface area (Å²) in [5.41, 5.74) is 3.83. The second-order valence-electron chi connectivity index (χ2n) is 6.04. The average molecular weight is 333 g/mol. The van der Waals surface area contributed by atoms with Gasteiger partial charge in [0.15, 0.2) is 5.78 Å². The summed E-state index contributed by atoms with van der Waals surface area (Å²) in [5, 5.41) is 12.7. The molecule has 0 radical (unpaired) electrons. The molecular weight excluding hydrogens is 314 g/mol. The molecule has 0 saturated heterocycles. The Kier molecular flexibility index (Phi) is 4.48. The Morgan fingerprint density at radius 2 is 2.00 bits per heavy atom. The van der Waals surface area contributed by atoms with Gasteiger partial charge in [0.05, 0.1) is 6.04 Å². The van der Waals surface area contributed by atoms with E-state index in [1.165, 1.54) is 16.6 Å². The molecule has 0 unspecified atom stereocenters. The molecule has 2 aromatic heterocycles. The number of nitrogens with zero attached hydrogens (tertiary/aromatic N) is 5. The molecule has 3 aromatic rings. The summed E-state index contributed by atoms with van der Waals surface area (Å²) in [6.45, 7) is 6.16. The van der Waals surface area contributed by atoms with Crippen molar-refractivity contribution < 1.29 is 4.79 Å². The fraction of sp³-hybridized carbons (Fsp3) is 0.263. The highest BCUT2D eigenvalue weighted by Crippen LogP contribution is 2.25. The molecule has 0 bridgehead atoms. The van der Waals surface area contributed by atoms with Crippen LogP contribution in [0.1, 0.15) is 46.1 Å². The maximum atomic E-state index is 12.7. The number of Topliss-reactive ketones (excluding diaryl/α,β-unsaturated/α-hetero) is 1. The van der Waals surface area contributed by atoms with Crippen molar-refractivity contribution in [2.24, 2.45) is 0 Å².